The van der Waals surface area contributed by atoms with E-state index in [1.54, 1.807) is 7.11 Å². The van der Waals surface area contributed by atoms with Crippen LogP contribution >= 0.6 is 0 Å². The number of rotatable bonds is 2. The molecule has 2 aliphatic rings. The Morgan fingerprint density at radius 1 is 1.17 bits per heavy atom. The Morgan fingerprint density at radius 3 is 2.50 bits per heavy atom. The summed E-state index contributed by atoms with van der Waals surface area (Å²) >= 11 is 0. The fraction of sp³-hybridized carbons (Fsp3) is 0.619. The van der Waals surface area contributed by atoms with E-state index in [9.17, 15) is 10.2 Å². The van der Waals surface area contributed by atoms with Crippen LogP contribution in [0.2, 0.25) is 0 Å². The van der Waals surface area contributed by atoms with Gasteiger partial charge in [0.05, 0.1) is 7.11 Å². The quantitative estimate of drug-likeness (QED) is 0.587. The zero-order valence-corrected chi connectivity index (χ0v) is 15.6. The Labute approximate surface area is 145 Å². The molecular weight excluding hydrogens is 300 g/mol. The van der Waals surface area contributed by atoms with Crippen LogP contribution in [0.15, 0.2) is 11.6 Å². The van der Waals surface area contributed by atoms with Crippen LogP contribution in [0.25, 0.3) is 0 Å². The van der Waals surface area contributed by atoms with Crippen LogP contribution in [-0.4, -0.2) is 17.3 Å². The third-order valence-electron chi connectivity index (χ3n) is 6.08. The molecule has 0 bridgehead atoms. The molecule has 0 aromatic heterocycles. The van der Waals surface area contributed by atoms with Crippen LogP contribution in [0.4, 0.5) is 0 Å². The fourth-order valence-corrected chi connectivity index (χ4v) is 4.76. The van der Waals surface area contributed by atoms with Gasteiger partial charge in [0.25, 0.3) is 0 Å². The van der Waals surface area contributed by atoms with Gasteiger partial charge >= 0.3 is 0 Å². The van der Waals surface area contributed by atoms with Gasteiger partial charge in [-0.15, -0.1) is 0 Å². The zero-order valence-electron chi connectivity index (χ0n) is 15.6. The number of methoxy groups -OCH3 is 1. The summed E-state index contributed by atoms with van der Waals surface area (Å²) in [7, 11) is 1.67. The second-order valence-corrected chi connectivity index (χ2v) is 8.33. The molecular formula is C21H30O3. The average molecular weight is 330 g/mol. The molecule has 2 N–H and O–H groups in total. The predicted molar refractivity (Wildman–Crippen MR) is 97.0 cm³/mol. The number of benzene rings is 1. The summed E-state index contributed by atoms with van der Waals surface area (Å²) in [6.07, 6.45) is 7.34. The van der Waals surface area contributed by atoms with Crippen LogP contribution in [0, 0.1) is 11.3 Å². The molecule has 24 heavy (non-hydrogen) atoms. The Bertz CT molecular complexity index is 683. The normalized spacial score (nSPS) is 22.4. The van der Waals surface area contributed by atoms with Gasteiger partial charge in [0.15, 0.2) is 11.5 Å². The number of ether oxygens (including phenoxy) is 1. The van der Waals surface area contributed by atoms with Crippen molar-refractivity contribution in [1.29, 1.82) is 0 Å². The van der Waals surface area contributed by atoms with Crippen molar-refractivity contribution in [2.75, 3.05) is 7.11 Å². The highest BCUT2D eigenvalue weighted by Crippen LogP contribution is 2.52. The highest BCUT2D eigenvalue weighted by atomic mass is 16.5. The molecule has 0 radical (unpaired) electrons. The van der Waals surface area contributed by atoms with E-state index in [2.05, 4.69) is 19.9 Å². The number of aromatic hydroxyl groups is 2. The van der Waals surface area contributed by atoms with Gasteiger partial charge in [0.1, 0.15) is 5.75 Å². The molecule has 0 fully saturated rings. The standard InChI is InChI=1S/C21H30O3/c1-12(2)17-19(23)18(22)15-11-13-7-6-10-21(3,4)16(13)9-8-14(15)20(17)24-5/h7,12,16,22-23H,6,8-11H2,1-5H3. The largest absolute Gasteiger partial charge is 0.504 e. The van der Waals surface area contributed by atoms with Crippen molar-refractivity contribution in [3.05, 3.63) is 28.3 Å². The molecule has 1 atom stereocenters. The van der Waals surface area contributed by atoms with E-state index in [0.29, 0.717) is 5.92 Å². The topological polar surface area (TPSA) is 49.7 Å². The Hall–Kier alpha value is -1.64. The molecule has 0 saturated heterocycles. The van der Waals surface area contributed by atoms with Crippen LogP contribution in [0.5, 0.6) is 17.2 Å². The van der Waals surface area contributed by atoms with E-state index >= 15 is 0 Å². The first-order valence-electron chi connectivity index (χ1n) is 9.10. The monoisotopic (exact) mass is 330 g/mol. The number of hydrogen-bond acceptors (Lipinski definition) is 3. The Kier molecular flexibility index (Phi) is 4.31. The van der Waals surface area contributed by atoms with Crippen molar-refractivity contribution < 1.29 is 14.9 Å². The van der Waals surface area contributed by atoms with Crippen molar-refractivity contribution in [2.24, 2.45) is 11.3 Å². The fourth-order valence-electron chi connectivity index (χ4n) is 4.76. The molecule has 0 aliphatic heterocycles. The van der Waals surface area contributed by atoms with Crippen molar-refractivity contribution >= 4 is 0 Å². The average Bonchev–Trinajstić information content (AvgIpc) is 2.70. The zero-order chi connectivity index (χ0) is 17.6. The predicted octanol–water partition coefficient (Wildman–Crippen LogP) is 5.08. The van der Waals surface area contributed by atoms with E-state index in [4.69, 9.17) is 4.74 Å². The van der Waals surface area contributed by atoms with Gasteiger partial charge in [-0.05, 0) is 49.4 Å². The van der Waals surface area contributed by atoms with Gasteiger partial charge < -0.3 is 14.9 Å². The van der Waals surface area contributed by atoms with Gasteiger partial charge in [-0.25, -0.2) is 0 Å². The minimum absolute atomic E-state index is 0.00489. The van der Waals surface area contributed by atoms with Crippen LogP contribution in [0.3, 0.4) is 0 Å². The maximum atomic E-state index is 10.7. The number of fused-ring (bicyclic) bond motifs is 2. The van der Waals surface area contributed by atoms with Crippen molar-refractivity contribution in [1.82, 2.24) is 0 Å². The molecule has 3 nitrogen and oxygen atoms in total. The molecule has 0 saturated carbocycles. The molecule has 0 heterocycles. The van der Waals surface area contributed by atoms with Crippen LogP contribution in [0.1, 0.15) is 69.6 Å². The van der Waals surface area contributed by atoms with Crippen molar-refractivity contribution in [3.8, 4) is 17.2 Å². The molecule has 0 spiro atoms. The molecule has 132 valence electrons. The van der Waals surface area contributed by atoms with E-state index in [-0.39, 0.29) is 22.8 Å². The molecule has 3 heteroatoms. The van der Waals surface area contributed by atoms with Gasteiger partial charge in [0.2, 0.25) is 0 Å². The highest BCUT2D eigenvalue weighted by Gasteiger charge is 2.38. The second-order valence-electron chi connectivity index (χ2n) is 8.33. The van der Waals surface area contributed by atoms with Gasteiger partial charge in [0, 0.05) is 16.7 Å². The second kappa shape index (κ2) is 6.02. The third-order valence-corrected chi connectivity index (χ3v) is 6.08. The highest BCUT2D eigenvalue weighted by molar-refractivity contribution is 5.64. The third kappa shape index (κ3) is 2.58. The summed E-state index contributed by atoms with van der Waals surface area (Å²) in [6.45, 7) is 8.75. The lowest BCUT2D eigenvalue weighted by molar-refractivity contribution is 0.203. The van der Waals surface area contributed by atoms with E-state index in [1.165, 1.54) is 12.0 Å². The summed E-state index contributed by atoms with van der Waals surface area (Å²) < 4.78 is 5.71. The minimum atomic E-state index is -0.00489. The van der Waals surface area contributed by atoms with E-state index in [0.717, 1.165) is 48.1 Å². The summed E-state index contributed by atoms with van der Waals surface area (Å²) in [6, 6.07) is 0. The van der Waals surface area contributed by atoms with Crippen molar-refractivity contribution in [3.63, 3.8) is 0 Å². The maximum absolute atomic E-state index is 10.7. The molecule has 2 aliphatic carbocycles. The Morgan fingerprint density at radius 2 is 1.88 bits per heavy atom. The Balaban J connectivity index is 2.17. The number of phenolic OH excluding ortho intramolecular Hbond substituents is 2. The van der Waals surface area contributed by atoms with Gasteiger partial charge in [-0.1, -0.05) is 39.3 Å². The van der Waals surface area contributed by atoms with E-state index < -0.39 is 0 Å². The first kappa shape index (κ1) is 17.2. The number of phenols is 2. The molecule has 1 unspecified atom stereocenters. The molecule has 1 aromatic rings. The lowest BCUT2D eigenvalue weighted by atomic mass is 9.66. The van der Waals surface area contributed by atoms with Crippen LogP contribution in [-0.2, 0) is 12.8 Å². The SMILES string of the molecule is COc1c2c(c(O)c(O)c1C(C)C)CC1=CCCC(C)(C)C1CC2. The lowest BCUT2D eigenvalue weighted by Crippen LogP contribution is -2.29. The van der Waals surface area contributed by atoms with Crippen LogP contribution < -0.4 is 4.74 Å². The minimum Gasteiger partial charge on any atom is -0.504 e. The van der Waals surface area contributed by atoms with Gasteiger partial charge in [-0.2, -0.15) is 0 Å². The lowest BCUT2D eigenvalue weighted by Gasteiger charge is -2.39. The summed E-state index contributed by atoms with van der Waals surface area (Å²) in [5, 5.41) is 21.3. The van der Waals surface area contributed by atoms with Gasteiger partial charge in [-0.3, -0.25) is 0 Å². The summed E-state index contributed by atoms with van der Waals surface area (Å²) in [5.74, 6) is 1.45. The molecule has 3 rings (SSSR count). The number of hydrogen-bond donors (Lipinski definition) is 2. The van der Waals surface area contributed by atoms with E-state index in [1.807, 2.05) is 13.8 Å². The number of allylic oxidation sites excluding steroid dienone is 2. The first-order valence-corrected chi connectivity index (χ1v) is 9.10. The smallest absolute Gasteiger partial charge is 0.165 e. The summed E-state index contributed by atoms with van der Waals surface area (Å²) in [4.78, 5) is 0. The first-order chi connectivity index (χ1) is 11.3. The molecule has 0 amide bonds. The molecule has 1 aromatic carbocycles. The summed E-state index contributed by atoms with van der Waals surface area (Å²) in [5.41, 5.74) is 4.38. The maximum Gasteiger partial charge on any atom is 0.165 e. The van der Waals surface area contributed by atoms with Crippen molar-refractivity contribution in [2.45, 2.75) is 65.7 Å².